The Balaban J connectivity index is 0.0000000844. The molecule has 0 saturated heterocycles. The Kier molecular flexibility index (Phi) is 8.14. The molecule has 9 aliphatic rings. The maximum atomic E-state index is 6.69. The molecule has 0 radical (unpaired) electrons. The van der Waals surface area contributed by atoms with Gasteiger partial charge in [0, 0.05) is 59.6 Å². The molecule has 11 nitrogen and oxygen atoms in total. The van der Waals surface area contributed by atoms with Crippen molar-refractivity contribution >= 4 is 163 Å². The first kappa shape index (κ1) is 50.7. The van der Waals surface area contributed by atoms with Crippen LogP contribution in [0.2, 0.25) is 0 Å². The van der Waals surface area contributed by atoms with Crippen LogP contribution in [0.15, 0.2) is 280 Å². The average molecular weight is 1300 g/mol. The number of hydrogen-bond acceptors (Lipinski definition) is 5. The molecule has 21 aromatic rings. The molecule has 30 rings (SSSR count). The Hall–Kier alpha value is -13.6. The van der Waals surface area contributed by atoms with Crippen LogP contribution < -0.4 is 41.6 Å². The van der Waals surface area contributed by atoms with Gasteiger partial charge in [-0.3, -0.25) is 4.98 Å². The lowest BCUT2D eigenvalue weighted by molar-refractivity contribution is -0.945. The largest absolute Gasteiger partial charge is 0.456 e. The van der Waals surface area contributed by atoms with Crippen LogP contribution in [-0.2, 0) is 17.0 Å². The molecule has 0 fully saturated rings. The molecule has 0 bridgehead atoms. The Labute approximate surface area is 575 Å². The maximum absolute atomic E-state index is 6.69. The Morgan fingerprint density at radius 2 is 0.520 bits per heavy atom. The van der Waals surface area contributed by atoms with Gasteiger partial charge >= 0.3 is 17.0 Å². The number of rotatable bonds is 0. The lowest BCUT2D eigenvalue weighted by Gasteiger charge is -2.26. The SMILES string of the molecule is c1ccc2c(c1)c1ccc3c4c1c1c2ccc[n+]1C41c2c(ccc4ccc5ccc[n+]1c5c24)O3.c1ccc2c(c1)c1ccc3c4c1c1c2ccc[n+]1C41c2c(ccc4cnc5ccc[n+]1c5c24)O3.c1ccc2c(c1)c1ccc3c4c1c1c2ccc[n+]1C41c2c(ccc4ncc5ccc[n+]1c5c24)O3. The van der Waals surface area contributed by atoms with Gasteiger partial charge in [-0.05, 0) is 163 Å². The van der Waals surface area contributed by atoms with Crippen LogP contribution in [0.25, 0.3) is 163 Å². The minimum Gasteiger partial charge on any atom is -0.456 e. The third-order valence-electron chi connectivity index (χ3n) is 25.0. The number of pyridine rings is 8. The van der Waals surface area contributed by atoms with Crippen LogP contribution in [0.3, 0.4) is 0 Å². The third-order valence-corrected chi connectivity index (χ3v) is 25.0. The van der Waals surface area contributed by atoms with E-state index in [-0.39, 0.29) is 0 Å². The molecule has 3 atom stereocenters. The zero-order valence-corrected chi connectivity index (χ0v) is 53.9. The van der Waals surface area contributed by atoms with Crippen molar-refractivity contribution in [3.05, 3.63) is 313 Å². The first-order valence-corrected chi connectivity index (χ1v) is 35.1. The molecule has 11 heteroatoms. The van der Waals surface area contributed by atoms with Crippen LogP contribution in [0.5, 0.6) is 34.5 Å². The van der Waals surface area contributed by atoms with E-state index in [9.17, 15) is 0 Å². The second kappa shape index (κ2) is 16.4. The van der Waals surface area contributed by atoms with E-state index in [1.54, 1.807) is 0 Å². The predicted molar refractivity (Wildman–Crippen MR) is 393 cm³/mol. The van der Waals surface area contributed by atoms with Crippen molar-refractivity contribution in [2.24, 2.45) is 0 Å². The van der Waals surface area contributed by atoms with Crippen LogP contribution >= 0.6 is 0 Å². The molecule has 0 aliphatic carbocycles. The van der Waals surface area contributed by atoms with Gasteiger partial charge in [0.15, 0.2) is 70.6 Å². The maximum Gasteiger partial charge on any atom is 0.425 e. The standard InChI is InChI=1S/C31H16N2O.2C30H15N3O/c1-2-7-20-19(6-1)21-12-14-24-28-26(21)30-22(20)8-4-16-33(30)31(28)27-23(34-24)13-11-17-9-10-18-5-3-15-32(31)29(18)25(17)27;1-2-7-18-17(6-1)19-9-11-22-26-24(19)29-20(18)8-4-14-33(29)30(26)27-23(34-22)12-10-21-25(27)28-16(15-31-21)5-3-13-32(28)30;1-2-6-18-17(5-1)19-10-12-23-27-25(19)28-20(18)7-3-13-32(28)30(27)26-22(34-23)11-9-16-15-31-21-8-4-14-33(30)29(21)24(16)26/h1-16H;2*1-15H/q3*+2. The summed E-state index contributed by atoms with van der Waals surface area (Å²) >= 11 is 0. The van der Waals surface area contributed by atoms with Crippen molar-refractivity contribution in [3.8, 4) is 34.5 Å². The van der Waals surface area contributed by atoms with Gasteiger partial charge in [0.25, 0.3) is 0 Å². The number of hydrogen-bond donors (Lipinski definition) is 0. The number of fused-ring (bicyclic) bond motifs is 9. The lowest BCUT2D eigenvalue weighted by atomic mass is 9.85. The molecular formula is C91H46N8O3+6. The molecule has 3 spiro atoms. The summed E-state index contributed by atoms with van der Waals surface area (Å²) < 4.78 is 35.0. The zero-order valence-electron chi connectivity index (χ0n) is 53.9. The predicted octanol–water partition coefficient (Wildman–Crippen LogP) is 17.0. The second-order valence-corrected chi connectivity index (χ2v) is 28.9. The highest BCUT2D eigenvalue weighted by atomic mass is 16.5. The Morgan fingerprint density at radius 1 is 0.206 bits per heavy atom. The summed E-state index contributed by atoms with van der Waals surface area (Å²) in [6.45, 7) is 0. The molecule has 8 aromatic heterocycles. The molecule has 13 aromatic carbocycles. The number of aromatic nitrogens is 8. The molecule has 102 heavy (non-hydrogen) atoms. The van der Waals surface area contributed by atoms with Crippen LogP contribution in [0.4, 0.5) is 0 Å². The van der Waals surface area contributed by atoms with E-state index >= 15 is 0 Å². The van der Waals surface area contributed by atoms with Gasteiger partial charge in [-0.25, -0.2) is 4.98 Å². The monoisotopic (exact) mass is 1300 g/mol. The van der Waals surface area contributed by atoms with Crippen LogP contribution in [-0.4, -0.2) is 9.97 Å². The first-order valence-electron chi connectivity index (χ1n) is 35.1. The van der Waals surface area contributed by atoms with Crippen LogP contribution in [0.1, 0.15) is 33.4 Å². The summed E-state index contributed by atoms with van der Waals surface area (Å²) in [6.07, 6.45) is 17.5. The van der Waals surface area contributed by atoms with Gasteiger partial charge in [-0.15, -0.1) is 27.4 Å². The van der Waals surface area contributed by atoms with Crippen molar-refractivity contribution in [1.82, 2.24) is 9.97 Å². The van der Waals surface area contributed by atoms with Gasteiger partial charge in [0.2, 0.25) is 33.1 Å². The van der Waals surface area contributed by atoms with Gasteiger partial charge in [0.1, 0.15) is 40.0 Å². The minimum absolute atomic E-state index is 0.496. The van der Waals surface area contributed by atoms with Crippen molar-refractivity contribution < 1.29 is 41.6 Å². The summed E-state index contributed by atoms with van der Waals surface area (Å²) in [5, 5.41) is 27.9. The van der Waals surface area contributed by atoms with E-state index in [1.807, 2.05) is 12.4 Å². The third kappa shape index (κ3) is 5.07. The molecule has 17 heterocycles. The number of nitrogens with zero attached hydrogens (tertiary/aromatic N) is 8. The quantitative estimate of drug-likeness (QED) is 0.112. The minimum atomic E-state index is -0.536. The molecular weight excluding hydrogens is 1250 g/mol. The van der Waals surface area contributed by atoms with Crippen molar-refractivity contribution in [1.29, 1.82) is 0 Å². The fourth-order valence-electron chi connectivity index (χ4n) is 21.7. The smallest absolute Gasteiger partial charge is 0.425 e. The van der Waals surface area contributed by atoms with E-state index in [2.05, 4.69) is 295 Å². The summed E-state index contributed by atoms with van der Waals surface area (Å²) in [5.74, 6) is 5.63. The van der Waals surface area contributed by atoms with Gasteiger partial charge in [-0.1, -0.05) is 84.9 Å². The fourth-order valence-corrected chi connectivity index (χ4v) is 21.7. The second-order valence-electron chi connectivity index (χ2n) is 28.9. The summed E-state index contributed by atoms with van der Waals surface area (Å²) in [4.78, 5) is 9.66. The van der Waals surface area contributed by atoms with E-state index in [4.69, 9.17) is 24.2 Å². The van der Waals surface area contributed by atoms with E-state index in [0.29, 0.717) is 0 Å². The van der Waals surface area contributed by atoms with Crippen molar-refractivity contribution in [2.45, 2.75) is 17.0 Å². The first-order chi connectivity index (χ1) is 50.6. The van der Waals surface area contributed by atoms with E-state index in [1.165, 1.54) is 174 Å². The van der Waals surface area contributed by atoms with Crippen molar-refractivity contribution in [2.75, 3.05) is 0 Å². The molecule has 9 aliphatic heterocycles. The van der Waals surface area contributed by atoms with E-state index in [0.717, 1.165) is 56.3 Å². The highest BCUT2D eigenvalue weighted by molar-refractivity contribution is 6.29. The Bertz CT molecular complexity index is 7230. The van der Waals surface area contributed by atoms with Gasteiger partial charge < -0.3 is 14.2 Å². The molecule has 0 amide bonds. The zero-order chi connectivity index (χ0) is 65.3. The summed E-state index contributed by atoms with van der Waals surface area (Å²) in [5.41, 5.74) is 15.4. The van der Waals surface area contributed by atoms with Gasteiger partial charge in [-0.2, -0.15) is 0 Å². The number of benzene rings is 13. The molecule has 462 valence electrons. The topological polar surface area (TPSA) is 76.8 Å². The van der Waals surface area contributed by atoms with Crippen molar-refractivity contribution in [3.63, 3.8) is 0 Å². The highest BCUT2D eigenvalue weighted by Crippen LogP contribution is 2.62. The van der Waals surface area contributed by atoms with Crippen LogP contribution in [0, 0.1) is 0 Å². The highest BCUT2D eigenvalue weighted by Gasteiger charge is 2.73. The van der Waals surface area contributed by atoms with E-state index < -0.39 is 17.0 Å². The fraction of sp³-hybridized carbons (Fsp3) is 0.0330. The molecule has 3 unspecified atom stereocenters. The number of ether oxygens (including phenoxy) is 3. The molecule has 0 N–H and O–H groups in total. The Morgan fingerprint density at radius 3 is 1.01 bits per heavy atom. The lowest BCUT2D eigenvalue weighted by Crippen LogP contribution is -2.72. The average Bonchev–Trinajstić information content (AvgIpc) is 1.49. The van der Waals surface area contributed by atoms with Gasteiger partial charge in [0.05, 0.1) is 59.4 Å². The summed E-state index contributed by atoms with van der Waals surface area (Å²) in [6, 6.07) is 83.2. The summed E-state index contributed by atoms with van der Waals surface area (Å²) in [7, 11) is 0. The molecule has 0 saturated carbocycles. The normalized spacial score (nSPS) is 18.4.